The van der Waals surface area contributed by atoms with E-state index in [0.717, 1.165) is 47.9 Å². The van der Waals surface area contributed by atoms with Crippen molar-refractivity contribution in [2.75, 3.05) is 18.1 Å². The standard InChI is InChI=1S/C20H22N4O/c1-3-10-25-17-7-4-15(5-8-17)20-12-21-14(2)24(20)16-6-9-18-19(11-16)23-13-22-18/h4-9,11,13,20-21H,2-3,10,12H2,1H3,(H,22,23)/t20-/m1/s1. The van der Waals surface area contributed by atoms with E-state index in [1.165, 1.54) is 5.56 Å². The van der Waals surface area contributed by atoms with Crippen LogP contribution in [0.2, 0.25) is 0 Å². The second-order valence-corrected chi connectivity index (χ2v) is 6.23. The number of benzene rings is 2. The lowest BCUT2D eigenvalue weighted by Crippen LogP contribution is -2.22. The molecule has 25 heavy (non-hydrogen) atoms. The molecule has 0 aliphatic carbocycles. The van der Waals surface area contributed by atoms with Crippen molar-refractivity contribution in [2.45, 2.75) is 19.4 Å². The number of fused-ring (bicyclic) bond motifs is 1. The molecule has 4 rings (SSSR count). The number of aromatic amines is 1. The maximum atomic E-state index is 5.69. The summed E-state index contributed by atoms with van der Waals surface area (Å²) < 4.78 is 5.69. The maximum Gasteiger partial charge on any atom is 0.119 e. The van der Waals surface area contributed by atoms with Gasteiger partial charge in [0.25, 0.3) is 0 Å². The summed E-state index contributed by atoms with van der Waals surface area (Å²) in [6.07, 6.45) is 2.73. The fourth-order valence-electron chi connectivity index (χ4n) is 3.26. The van der Waals surface area contributed by atoms with Crippen LogP contribution in [0.1, 0.15) is 24.9 Å². The van der Waals surface area contributed by atoms with Gasteiger partial charge in [-0.3, -0.25) is 0 Å². The van der Waals surface area contributed by atoms with Crippen LogP contribution in [0.25, 0.3) is 11.0 Å². The van der Waals surface area contributed by atoms with E-state index in [4.69, 9.17) is 4.74 Å². The zero-order valence-electron chi connectivity index (χ0n) is 14.3. The molecule has 1 saturated heterocycles. The molecule has 0 amide bonds. The number of hydrogen-bond acceptors (Lipinski definition) is 4. The highest BCUT2D eigenvalue weighted by Gasteiger charge is 2.29. The second kappa shape index (κ2) is 6.51. The maximum absolute atomic E-state index is 5.69. The molecule has 0 saturated carbocycles. The molecule has 3 aromatic rings. The minimum atomic E-state index is 0.198. The van der Waals surface area contributed by atoms with Crippen LogP contribution >= 0.6 is 0 Å². The first-order valence-electron chi connectivity index (χ1n) is 8.64. The summed E-state index contributed by atoms with van der Waals surface area (Å²) in [5.41, 5.74) is 4.32. The van der Waals surface area contributed by atoms with E-state index in [0.29, 0.717) is 0 Å². The quantitative estimate of drug-likeness (QED) is 0.741. The minimum absolute atomic E-state index is 0.198. The monoisotopic (exact) mass is 334 g/mol. The SMILES string of the molecule is C=C1NC[C@H](c2ccc(OCCC)cc2)N1c1ccc2[nH]cnc2c1. The van der Waals surface area contributed by atoms with Crippen LogP contribution in [0.15, 0.2) is 61.2 Å². The number of hydrogen-bond donors (Lipinski definition) is 2. The second-order valence-electron chi connectivity index (χ2n) is 6.23. The molecule has 2 N–H and O–H groups in total. The summed E-state index contributed by atoms with van der Waals surface area (Å²) in [4.78, 5) is 9.73. The third kappa shape index (κ3) is 2.93. The fourth-order valence-corrected chi connectivity index (χ4v) is 3.26. The Bertz CT molecular complexity index is 884. The zero-order chi connectivity index (χ0) is 17.2. The average Bonchev–Trinajstić information content (AvgIpc) is 3.26. The smallest absolute Gasteiger partial charge is 0.119 e. The predicted molar refractivity (Wildman–Crippen MR) is 101 cm³/mol. The number of H-pyrrole nitrogens is 1. The molecule has 1 aromatic heterocycles. The van der Waals surface area contributed by atoms with Crippen LogP contribution in [0, 0.1) is 0 Å². The molecule has 2 aromatic carbocycles. The third-order valence-corrected chi connectivity index (χ3v) is 4.52. The Hall–Kier alpha value is -2.95. The van der Waals surface area contributed by atoms with Gasteiger partial charge in [0.2, 0.25) is 0 Å². The van der Waals surface area contributed by atoms with E-state index >= 15 is 0 Å². The Morgan fingerprint density at radius 2 is 2.08 bits per heavy atom. The van der Waals surface area contributed by atoms with Crippen LogP contribution in [0.5, 0.6) is 5.75 Å². The Kier molecular flexibility index (Phi) is 4.06. The van der Waals surface area contributed by atoms with E-state index in [1.807, 2.05) is 12.1 Å². The summed E-state index contributed by atoms with van der Waals surface area (Å²) >= 11 is 0. The number of nitrogens with zero attached hydrogens (tertiary/aromatic N) is 2. The van der Waals surface area contributed by atoms with E-state index in [-0.39, 0.29) is 6.04 Å². The zero-order valence-corrected chi connectivity index (χ0v) is 14.3. The molecule has 0 spiro atoms. The number of imidazole rings is 1. The fraction of sp³-hybridized carbons (Fsp3) is 0.250. The number of anilines is 1. The Labute approximate surface area is 147 Å². The molecule has 1 aliphatic heterocycles. The van der Waals surface area contributed by atoms with Gasteiger partial charge in [-0.15, -0.1) is 0 Å². The molecule has 128 valence electrons. The van der Waals surface area contributed by atoms with Gasteiger partial charge in [-0.1, -0.05) is 25.6 Å². The van der Waals surface area contributed by atoms with Gasteiger partial charge in [0.15, 0.2) is 0 Å². The lowest BCUT2D eigenvalue weighted by Gasteiger charge is -2.26. The van der Waals surface area contributed by atoms with Crippen molar-refractivity contribution in [2.24, 2.45) is 0 Å². The van der Waals surface area contributed by atoms with Crippen molar-refractivity contribution < 1.29 is 4.74 Å². The first-order valence-corrected chi connectivity index (χ1v) is 8.64. The third-order valence-electron chi connectivity index (χ3n) is 4.52. The van der Waals surface area contributed by atoms with Gasteiger partial charge < -0.3 is 19.9 Å². The van der Waals surface area contributed by atoms with Gasteiger partial charge in [0, 0.05) is 12.2 Å². The minimum Gasteiger partial charge on any atom is -0.494 e. The van der Waals surface area contributed by atoms with Crippen molar-refractivity contribution in [1.29, 1.82) is 0 Å². The summed E-state index contributed by atoms with van der Waals surface area (Å²) in [5.74, 6) is 1.83. The van der Waals surface area contributed by atoms with Crippen molar-refractivity contribution in [1.82, 2.24) is 15.3 Å². The molecule has 5 nitrogen and oxygen atoms in total. The van der Waals surface area contributed by atoms with Gasteiger partial charge in [-0.2, -0.15) is 0 Å². The van der Waals surface area contributed by atoms with Crippen LogP contribution in [-0.2, 0) is 0 Å². The summed E-state index contributed by atoms with van der Waals surface area (Å²) in [7, 11) is 0. The Balaban J connectivity index is 1.63. The van der Waals surface area contributed by atoms with Gasteiger partial charge in [-0.05, 0) is 42.3 Å². The van der Waals surface area contributed by atoms with Crippen molar-refractivity contribution in [3.05, 3.63) is 66.8 Å². The van der Waals surface area contributed by atoms with Crippen molar-refractivity contribution in [3.8, 4) is 5.75 Å². The molecule has 0 radical (unpaired) electrons. The first kappa shape index (κ1) is 15.6. The number of ether oxygens (including phenoxy) is 1. The number of nitrogens with one attached hydrogen (secondary N) is 2. The van der Waals surface area contributed by atoms with Crippen LogP contribution in [-0.4, -0.2) is 23.1 Å². The van der Waals surface area contributed by atoms with Gasteiger partial charge in [0.1, 0.15) is 5.75 Å². The molecule has 5 heteroatoms. The van der Waals surface area contributed by atoms with Crippen LogP contribution < -0.4 is 15.0 Å². The number of aromatic nitrogens is 2. The molecule has 1 aliphatic rings. The largest absolute Gasteiger partial charge is 0.494 e. The van der Waals surface area contributed by atoms with Crippen molar-refractivity contribution >= 4 is 16.7 Å². The lowest BCUT2D eigenvalue weighted by molar-refractivity contribution is 0.317. The van der Waals surface area contributed by atoms with E-state index in [2.05, 4.69) is 64.0 Å². The highest BCUT2D eigenvalue weighted by atomic mass is 16.5. The van der Waals surface area contributed by atoms with Crippen LogP contribution in [0.4, 0.5) is 5.69 Å². The van der Waals surface area contributed by atoms with Crippen molar-refractivity contribution in [3.63, 3.8) is 0 Å². The highest BCUT2D eigenvalue weighted by Crippen LogP contribution is 2.35. The molecular weight excluding hydrogens is 312 g/mol. The molecule has 2 heterocycles. The molecule has 1 fully saturated rings. The Morgan fingerprint density at radius 1 is 1.24 bits per heavy atom. The lowest BCUT2D eigenvalue weighted by atomic mass is 10.1. The first-order chi connectivity index (χ1) is 12.3. The summed E-state index contributed by atoms with van der Waals surface area (Å²) in [6, 6.07) is 14.8. The normalized spacial score (nSPS) is 17.1. The molecular formula is C20H22N4O. The van der Waals surface area contributed by atoms with Crippen LogP contribution in [0.3, 0.4) is 0 Å². The Morgan fingerprint density at radius 3 is 2.88 bits per heavy atom. The topological polar surface area (TPSA) is 53.2 Å². The average molecular weight is 334 g/mol. The molecule has 0 unspecified atom stereocenters. The highest BCUT2D eigenvalue weighted by molar-refractivity contribution is 5.80. The number of rotatable bonds is 5. The van der Waals surface area contributed by atoms with E-state index in [1.54, 1.807) is 6.33 Å². The molecule has 0 bridgehead atoms. The predicted octanol–water partition coefficient (Wildman–Crippen LogP) is 3.97. The van der Waals surface area contributed by atoms with E-state index < -0.39 is 0 Å². The summed E-state index contributed by atoms with van der Waals surface area (Å²) in [5, 5.41) is 3.38. The van der Waals surface area contributed by atoms with Gasteiger partial charge in [-0.25, -0.2) is 4.98 Å². The van der Waals surface area contributed by atoms with E-state index in [9.17, 15) is 0 Å². The molecule has 1 atom stereocenters. The van der Waals surface area contributed by atoms with Gasteiger partial charge >= 0.3 is 0 Å². The summed E-state index contributed by atoms with van der Waals surface area (Å²) in [6.45, 7) is 7.86. The van der Waals surface area contributed by atoms with Gasteiger partial charge in [0.05, 0.1) is 35.8 Å².